The number of carbonyl (C=O) groups is 4. The van der Waals surface area contributed by atoms with E-state index in [1.807, 2.05) is 0 Å². The number of nitrogens with two attached hydrogens (primary N) is 1. The highest BCUT2D eigenvalue weighted by atomic mass is 16.6. The van der Waals surface area contributed by atoms with Gasteiger partial charge >= 0.3 is 17.9 Å². The predicted molar refractivity (Wildman–Crippen MR) is 223 cm³/mol. The minimum Gasteiger partial charge on any atom is -0.481 e. The fraction of sp³-hybridized carbons (Fsp3) is 0.778. The Morgan fingerprint density at radius 2 is 1.44 bits per heavy atom. The second kappa shape index (κ2) is 23.1. The van der Waals surface area contributed by atoms with Crippen LogP contribution in [0.2, 0.25) is 0 Å². The molecule has 0 spiro atoms. The maximum Gasteiger partial charge on any atom is 0.329 e. The third-order valence-electron chi connectivity index (χ3n) is 14.6. The van der Waals surface area contributed by atoms with Crippen molar-refractivity contribution in [3.8, 4) is 0 Å². The zero-order chi connectivity index (χ0) is 44.0. The SMILES string of the molecule is C[C@H](CCC(=O)OCCOCCOCCOCCOCCN)C1CCC2[C@@H]3CC[C@@H]4C[C@H](OC(=O)[C@H](CC(=O)O)NC(=O)c5ccc([N+](=O)[O-])cc5)CC[C@]4(C)C3CC[C@@]21C. The smallest absolute Gasteiger partial charge is 0.329 e. The van der Waals surface area contributed by atoms with Gasteiger partial charge < -0.3 is 44.6 Å². The number of esters is 2. The Hall–Kier alpha value is -3.70. The van der Waals surface area contributed by atoms with Crippen LogP contribution < -0.4 is 11.1 Å². The zero-order valence-electron chi connectivity index (χ0n) is 36.4. The average molecular weight is 860 g/mol. The number of carbonyl (C=O) groups excluding carboxylic acids is 3. The molecule has 10 atom stereocenters. The molecule has 0 heterocycles. The molecule has 4 aliphatic rings. The molecule has 1 aromatic carbocycles. The second-order valence-corrected chi connectivity index (χ2v) is 18.1. The molecule has 1 amide bonds. The number of nitrogens with zero attached hydrogens (tertiary/aromatic N) is 1. The van der Waals surface area contributed by atoms with Gasteiger partial charge in [0, 0.05) is 30.7 Å². The summed E-state index contributed by atoms with van der Waals surface area (Å²) in [4.78, 5) is 61.0. The molecule has 4 aliphatic carbocycles. The molecule has 4 N–H and O–H groups in total. The Labute approximate surface area is 359 Å². The topological polar surface area (TPSA) is 225 Å². The lowest BCUT2D eigenvalue weighted by atomic mass is 9.44. The summed E-state index contributed by atoms with van der Waals surface area (Å²) in [6.07, 6.45) is 9.44. The zero-order valence-corrected chi connectivity index (χ0v) is 36.4. The number of nitro benzene ring substituents is 1. The van der Waals surface area contributed by atoms with Gasteiger partial charge in [-0.3, -0.25) is 24.5 Å². The summed E-state index contributed by atoms with van der Waals surface area (Å²) in [5.41, 5.74) is 5.61. The van der Waals surface area contributed by atoms with Crippen LogP contribution in [0.15, 0.2) is 24.3 Å². The molecule has 5 rings (SSSR count). The first-order chi connectivity index (χ1) is 29.3. The molecule has 0 saturated heterocycles. The summed E-state index contributed by atoms with van der Waals surface area (Å²) in [6, 6.07) is 3.48. The van der Waals surface area contributed by atoms with Crippen molar-refractivity contribution in [2.24, 2.45) is 52.1 Å². The van der Waals surface area contributed by atoms with E-state index >= 15 is 0 Å². The summed E-state index contributed by atoms with van der Waals surface area (Å²) >= 11 is 0. The Bertz CT molecular complexity index is 1610. The quantitative estimate of drug-likeness (QED) is 0.0463. The van der Waals surface area contributed by atoms with Crippen LogP contribution in [-0.2, 0) is 42.8 Å². The van der Waals surface area contributed by atoms with Crippen LogP contribution >= 0.6 is 0 Å². The summed E-state index contributed by atoms with van der Waals surface area (Å²) in [6.45, 7) is 11.7. The van der Waals surface area contributed by atoms with E-state index in [0.717, 1.165) is 25.7 Å². The van der Waals surface area contributed by atoms with Gasteiger partial charge in [-0.1, -0.05) is 20.8 Å². The van der Waals surface area contributed by atoms with Crippen molar-refractivity contribution in [1.29, 1.82) is 0 Å². The third-order valence-corrected chi connectivity index (χ3v) is 14.6. The van der Waals surface area contributed by atoms with E-state index in [-0.39, 0.29) is 40.8 Å². The Morgan fingerprint density at radius 1 is 0.836 bits per heavy atom. The van der Waals surface area contributed by atoms with Gasteiger partial charge in [-0.2, -0.15) is 0 Å². The van der Waals surface area contributed by atoms with Crippen molar-refractivity contribution >= 4 is 29.5 Å². The highest BCUT2D eigenvalue weighted by Crippen LogP contribution is 2.68. The molecular weight excluding hydrogens is 791 g/mol. The first-order valence-corrected chi connectivity index (χ1v) is 22.4. The van der Waals surface area contributed by atoms with Crippen molar-refractivity contribution in [2.45, 2.75) is 110 Å². The van der Waals surface area contributed by atoms with Crippen molar-refractivity contribution < 1.29 is 57.6 Å². The number of nitro groups is 1. The normalized spacial score (nSPS) is 29.0. The first-order valence-electron chi connectivity index (χ1n) is 22.4. The summed E-state index contributed by atoms with van der Waals surface area (Å²) in [5, 5.41) is 23.0. The minimum atomic E-state index is -1.39. The van der Waals surface area contributed by atoms with E-state index in [9.17, 15) is 34.4 Å². The highest BCUT2D eigenvalue weighted by Gasteiger charge is 2.60. The molecule has 0 aliphatic heterocycles. The molecule has 16 nitrogen and oxygen atoms in total. The van der Waals surface area contributed by atoms with E-state index in [1.54, 1.807) is 0 Å². The van der Waals surface area contributed by atoms with E-state index in [4.69, 9.17) is 34.2 Å². The van der Waals surface area contributed by atoms with Crippen molar-refractivity contribution in [3.63, 3.8) is 0 Å². The number of aliphatic carboxylic acids is 1. The molecule has 1 aromatic rings. The molecule has 342 valence electrons. The van der Waals surface area contributed by atoms with Gasteiger partial charge in [0.1, 0.15) is 18.8 Å². The number of nitrogens with one attached hydrogen (secondary N) is 1. The van der Waals surface area contributed by atoms with Crippen molar-refractivity contribution in [1.82, 2.24) is 5.32 Å². The van der Waals surface area contributed by atoms with Crippen LogP contribution in [0.4, 0.5) is 5.69 Å². The van der Waals surface area contributed by atoms with Gasteiger partial charge in [0.25, 0.3) is 11.6 Å². The molecular formula is C45H69N3O13. The van der Waals surface area contributed by atoms with Gasteiger partial charge in [0.15, 0.2) is 0 Å². The highest BCUT2D eigenvalue weighted by molar-refractivity contribution is 5.97. The third kappa shape index (κ3) is 12.9. The van der Waals surface area contributed by atoms with E-state index in [2.05, 4.69) is 26.1 Å². The number of non-ortho nitro benzene ring substituents is 1. The molecule has 4 saturated carbocycles. The Kier molecular flexibility index (Phi) is 18.3. The number of fused-ring (bicyclic) bond motifs is 5. The number of hydrogen-bond donors (Lipinski definition) is 3. The van der Waals surface area contributed by atoms with Gasteiger partial charge in [-0.15, -0.1) is 0 Å². The molecule has 16 heteroatoms. The number of hydrogen-bond acceptors (Lipinski definition) is 13. The monoisotopic (exact) mass is 859 g/mol. The fourth-order valence-electron chi connectivity index (χ4n) is 11.6. The van der Waals surface area contributed by atoms with Crippen LogP contribution in [0.3, 0.4) is 0 Å². The standard InChI is InChI=1S/C45H69N3O13/c1-30(4-13-41(51)60-27-26-59-25-24-58-23-22-57-21-20-56-19-18-46)36-11-12-37-35-10-7-32-28-34(14-16-44(32,2)38(35)15-17-45(36,37)3)61-43(53)39(29-40(49)50)47-42(52)31-5-8-33(9-6-31)48(54)55/h5-6,8-9,30,32,34-39H,4,7,10-29,46H2,1-3H3,(H,47,52)(H,49,50)/t30-,32-,34-,35+,36?,37?,38?,39+,44+,45-/m1/s1. The Balaban J connectivity index is 1.02. The fourth-order valence-corrected chi connectivity index (χ4v) is 11.6. The molecule has 4 fully saturated rings. The molecule has 0 bridgehead atoms. The van der Waals surface area contributed by atoms with Gasteiger partial charge in [0.2, 0.25) is 0 Å². The van der Waals surface area contributed by atoms with Crippen molar-refractivity contribution in [3.05, 3.63) is 39.9 Å². The van der Waals surface area contributed by atoms with Gasteiger partial charge in [-0.05, 0) is 123 Å². The average Bonchev–Trinajstić information content (AvgIpc) is 3.60. The summed E-state index contributed by atoms with van der Waals surface area (Å²) in [5.74, 6) is 0.294. The number of carboxylic acid groups (broad SMARTS) is 1. The minimum absolute atomic E-state index is 0.0714. The van der Waals surface area contributed by atoms with Crippen molar-refractivity contribution in [2.75, 3.05) is 66.0 Å². The maximum atomic E-state index is 13.4. The second-order valence-electron chi connectivity index (χ2n) is 18.1. The number of carboxylic acids is 1. The number of amides is 1. The van der Waals surface area contributed by atoms with E-state index in [1.165, 1.54) is 49.9 Å². The molecule has 3 unspecified atom stereocenters. The summed E-state index contributed by atoms with van der Waals surface area (Å²) in [7, 11) is 0. The van der Waals surface area contributed by atoms with Crippen LogP contribution in [0, 0.1) is 56.5 Å². The van der Waals surface area contributed by atoms with Gasteiger partial charge in [0.05, 0.1) is 64.2 Å². The molecule has 0 aromatic heterocycles. The lowest BCUT2D eigenvalue weighted by Gasteiger charge is -2.61. The number of ether oxygens (including phenoxy) is 6. The van der Waals surface area contributed by atoms with Crippen LogP contribution in [0.5, 0.6) is 0 Å². The number of rotatable bonds is 25. The lowest BCUT2D eigenvalue weighted by Crippen LogP contribution is -2.54. The molecule has 0 radical (unpaired) electrons. The van der Waals surface area contributed by atoms with E-state index in [0.29, 0.717) is 114 Å². The summed E-state index contributed by atoms with van der Waals surface area (Å²) < 4.78 is 33.1. The van der Waals surface area contributed by atoms with Crippen LogP contribution in [0.1, 0.15) is 108 Å². The van der Waals surface area contributed by atoms with E-state index < -0.39 is 35.2 Å². The largest absolute Gasteiger partial charge is 0.481 e. The van der Waals surface area contributed by atoms with Crippen LogP contribution in [-0.4, -0.2) is 112 Å². The first kappa shape index (κ1) is 48.3. The maximum absolute atomic E-state index is 13.4. The lowest BCUT2D eigenvalue weighted by molar-refractivity contribution is -0.384. The van der Waals surface area contributed by atoms with Gasteiger partial charge in [-0.25, -0.2) is 4.79 Å². The molecule has 61 heavy (non-hydrogen) atoms. The Morgan fingerprint density at radius 3 is 2.07 bits per heavy atom. The number of benzene rings is 1. The predicted octanol–water partition coefficient (Wildman–Crippen LogP) is 5.72. The van der Waals surface area contributed by atoms with Crippen LogP contribution in [0.25, 0.3) is 0 Å².